The molecule has 0 N–H and O–H groups in total. The predicted octanol–water partition coefficient (Wildman–Crippen LogP) is 4.84. The second kappa shape index (κ2) is 11.0. The lowest BCUT2D eigenvalue weighted by atomic mass is 10.1. The topological polar surface area (TPSA) is 58.9 Å². The number of benzene rings is 2. The van der Waals surface area contributed by atoms with Crippen molar-refractivity contribution in [2.75, 3.05) is 13.1 Å². The van der Waals surface area contributed by atoms with E-state index in [0.717, 1.165) is 29.0 Å². The molecular weight excluding hydrogens is 336 g/mol. The number of aliphatic imine (C=N–C) groups is 2. The molecule has 0 aromatic heterocycles. The maximum absolute atomic E-state index is 12.1. The van der Waals surface area contributed by atoms with E-state index >= 15 is 0 Å². The molecule has 27 heavy (non-hydrogen) atoms. The van der Waals surface area contributed by atoms with Gasteiger partial charge in [0.2, 0.25) is 0 Å². The smallest absolute Gasteiger partial charge is 0.168 e. The van der Waals surface area contributed by atoms with Crippen LogP contribution in [0.4, 0.5) is 0 Å². The molecular formula is C23H26N2O2. The van der Waals surface area contributed by atoms with Crippen molar-refractivity contribution in [3.63, 3.8) is 0 Å². The fraction of sp³-hybridized carbons (Fsp3) is 0.304. The van der Waals surface area contributed by atoms with Crippen LogP contribution in [-0.2, 0) is 0 Å². The summed E-state index contributed by atoms with van der Waals surface area (Å²) in [6, 6.07) is 18.5. The first kappa shape index (κ1) is 20.4. The van der Waals surface area contributed by atoms with E-state index in [1.165, 1.54) is 0 Å². The lowest BCUT2D eigenvalue weighted by Gasteiger charge is -2.02. The van der Waals surface area contributed by atoms with Crippen molar-refractivity contribution in [2.45, 2.75) is 33.1 Å². The second-order valence-corrected chi connectivity index (χ2v) is 6.52. The zero-order chi connectivity index (χ0) is 19.5. The largest absolute Gasteiger partial charge is 0.294 e. The minimum absolute atomic E-state index is 0.0881. The molecule has 0 fully saturated rings. The number of Topliss-reactive ketones (excluding diaryl/α,β-unsaturated/α-hetero) is 2. The first-order chi connectivity index (χ1) is 13.1. The number of rotatable bonds is 10. The van der Waals surface area contributed by atoms with Crippen molar-refractivity contribution < 1.29 is 9.59 Å². The van der Waals surface area contributed by atoms with Crippen LogP contribution in [0.3, 0.4) is 0 Å². The minimum Gasteiger partial charge on any atom is -0.294 e. The standard InChI is InChI=1S/C23H26N2O2/c1-18(16-22(26)20-10-5-3-6-11-20)24-14-9-15-25-19(2)17-23(27)21-12-7-4-8-13-21/h3-8,10-13H,9,14-17H2,1-2H3. The Labute approximate surface area is 161 Å². The quantitative estimate of drug-likeness (QED) is 0.345. The highest BCUT2D eigenvalue weighted by molar-refractivity contribution is 6.09. The van der Waals surface area contributed by atoms with Gasteiger partial charge in [0.05, 0.1) is 0 Å². The SMILES string of the molecule is CC(CC(=O)c1ccccc1)=NCCCN=C(C)CC(=O)c1ccccc1. The van der Waals surface area contributed by atoms with Gasteiger partial charge >= 0.3 is 0 Å². The van der Waals surface area contributed by atoms with E-state index in [-0.39, 0.29) is 11.6 Å². The van der Waals surface area contributed by atoms with E-state index in [4.69, 9.17) is 0 Å². The third-order valence-corrected chi connectivity index (χ3v) is 4.10. The van der Waals surface area contributed by atoms with Crippen LogP contribution in [-0.4, -0.2) is 36.1 Å². The number of nitrogens with zero attached hydrogens (tertiary/aromatic N) is 2. The molecule has 4 nitrogen and oxygen atoms in total. The van der Waals surface area contributed by atoms with Gasteiger partial charge in [-0.25, -0.2) is 0 Å². The molecule has 0 unspecified atom stereocenters. The van der Waals surface area contributed by atoms with Crippen molar-refractivity contribution in [2.24, 2.45) is 9.98 Å². The molecule has 2 aromatic carbocycles. The summed E-state index contributed by atoms with van der Waals surface area (Å²) in [7, 11) is 0. The van der Waals surface area contributed by atoms with Crippen LogP contribution in [0.25, 0.3) is 0 Å². The summed E-state index contributed by atoms with van der Waals surface area (Å²) >= 11 is 0. The average Bonchev–Trinajstić information content (AvgIpc) is 2.69. The maximum atomic E-state index is 12.1. The Balaban J connectivity index is 1.70. The third-order valence-electron chi connectivity index (χ3n) is 4.10. The Morgan fingerprint density at radius 3 is 1.41 bits per heavy atom. The lowest BCUT2D eigenvalue weighted by molar-refractivity contribution is 0.0992. The van der Waals surface area contributed by atoms with Gasteiger partial charge in [-0.15, -0.1) is 0 Å². The van der Waals surface area contributed by atoms with E-state index < -0.39 is 0 Å². The van der Waals surface area contributed by atoms with Crippen LogP contribution in [0.5, 0.6) is 0 Å². The Hall–Kier alpha value is -2.88. The van der Waals surface area contributed by atoms with Crippen LogP contribution in [0.2, 0.25) is 0 Å². The number of carbonyl (C=O) groups is 2. The molecule has 2 rings (SSSR count). The van der Waals surface area contributed by atoms with Crippen molar-refractivity contribution in [1.29, 1.82) is 0 Å². The molecule has 0 spiro atoms. The highest BCUT2D eigenvalue weighted by Crippen LogP contribution is 2.05. The summed E-state index contributed by atoms with van der Waals surface area (Å²) in [6.07, 6.45) is 1.49. The molecule has 0 bridgehead atoms. The van der Waals surface area contributed by atoms with E-state index in [2.05, 4.69) is 9.98 Å². The second-order valence-electron chi connectivity index (χ2n) is 6.52. The number of hydrogen-bond donors (Lipinski definition) is 0. The van der Waals surface area contributed by atoms with E-state index in [0.29, 0.717) is 25.9 Å². The molecule has 0 aliphatic rings. The van der Waals surface area contributed by atoms with Crippen molar-refractivity contribution in [3.05, 3.63) is 71.8 Å². The van der Waals surface area contributed by atoms with Crippen molar-refractivity contribution in [3.8, 4) is 0 Å². The molecule has 0 aliphatic carbocycles. The van der Waals surface area contributed by atoms with Crippen LogP contribution < -0.4 is 0 Å². The van der Waals surface area contributed by atoms with Gasteiger partial charge in [0.25, 0.3) is 0 Å². The molecule has 0 atom stereocenters. The Morgan fingerprint density at radius 2 is 1.04 bits per heavy atom. The minimum atomic E-state index is 0.0881. The average molecular weight is 362 g/mol. The summed E-state index contributed by atoms with van der Waals surface area (Å²) in [5, 5.41) is 0. The highest BCUT2D eigenvalue weighted by atomic mass is 16.1. The summed E-state index contributed by atoms with van der Waals surface area (Å²) < 4.78 is 0. The summed E-state index contributed by atoms with van der Waals surface area (Å²) in [4.78, 5) is 33.1. The maximum Gasteiger partial charge on any atom is 0.168 e. The zero-order valence-corrected chi connectivity index (χ0v) is 16.0. The molecule has 0 heterocycles. The van der Waals surface area contributed by atoms with Gasteiger partial charge in [0.15, 0.2) is 11.6 Å². The van der Waals surface area contributed by atoms with E-state index in [1.807, 2.05) is 74.5 Å². The predicted molar refractivity (Wildman–Crippen MR) is 111 cm³/mol. The van der Waals surface area contributed by atoms with Crippen LogP contribution in [0.15, 0.2) is 70.6 Å². The molecule has 0 saturated carbocycles. The molecule has 0 amide bonds. The molecule has 0 radical (unpaired) electrons. The Morgan fingerprint density at radius 1 is 0.667 bits per heavy atom. The Kier molecular flexibility index (Phi) is 8.30. The first-order valence-electron chi connectivity index (χ1n) is 9.22. The summed E-state index contributed by atoms with van der Waals surface area (Å²) in [6.45, 7) is 5.04. The molecule has 140 valence electrons. The number of ketones is 2. The molecule has 2 aromatic rings. The first-order valence-corrected chi connectivity index (χ1v) is 9.22. The van der Waals surface area contributed by atoms with E-state index in [9.17, 15) is 9.59 Å². The van der Waals surface area contributed by atoms with Gasteiger partial charge < -0.3 is 0 Å². The van der Waals surface area contributed by atoms with Crippen LogP contribution in [0.1, 0.15) is 53.8 Å². The van der Waals surface area contributed by atoms with Gasteiger partial charge in [0, 0.05) is 48.5 Å². The van der Waals surface area contributed by atoms with Gasteiger partial charge in [0.1, 0.15) is 0 Å². The van der Waals surface area contributed by atoms with Crippen molar-refractivity contribution >= 4 is 23.0 Å². The molecule has 0 aliphatic heterocycles. The van der Waals surface area contributed by atoms with Gasteiger partial charge in [-0.3, -0.25) is 19.6 Å². The Bertz CT molecular complexity index is 739. The number of hydrogen-bond acceptors (Lipinski definition) is 4. The molecule has 4 heteroatoms. The lowest BCUT2D eigenvalue weighted by Crippen LogP contribution is -2.07. The fourth-order valence-corrected chi connectivity index (χ4v) is 2.64. The van der Waals surface area contributed by atoms with Crippen molar-refractivity contribution in [1.82, 2.24) is 0 Å². The monoisotopic (exact) mass is 362 g/mol. The summed E-state index contributed by atoms with van der Waals surface area (Å²) in [5.74, 6) is 0.176. The third kappa shape index (κ3) is 7.48. The number of carbonyl (C=O) groups excluding carboxylic acids is 2. The fourth-order valence-electron chi connectivity index (χ4n) is 2.64. The molecule has 0 saturated heterocycles. The van der Waals surface area contributed by atoms with Gasteiger partial charge in [-0.05, 0) is 20.3 Å². The zero-order valence-electron chi connectivity index (χ0n) is 16.0. The van der Waals surface area contributed by atoms with E-state index in [1.54, 1.807) is 0 Å². The summed E-state index contributed by atoms with van der Waals surface area (Å²) in [5.41, 5.74) is 3.11. The normalized spacial score (nSPS) is 12.1. The van der Waals surface area contributed by atoms with Crippen LogP contribution >= 0.6 is 0 Å². The van der Waals surface area contributed by atoms with Gasteiger partial charge in [-0.2, -0.15) is 0 Å². The highest BCUT2D eigenvalue weighted by Gasteiger charge is 2.07. The van der Waals surface area contributed by atoms with Crippen LogP contribution in [0, 0.1) is 0 Å². The van der Waals surface area contributed by atoms with Gasteiger partial charge in [-0.1, -0.05) is 60.7 Å².